The first-order chi connectivity index (χ1) is 8.63. The van der Waals surface area contributed by atoms with Crippen molar-refractivity contribution >= 4 is 5.91 Å². The first-order valence-electron chi connectivity index (χ1n) is 6.86. The summed E-state index contributed by atoms with van der Waals surface area (Å²) in [5, 5.41) is 0. The Labute approximate surface area is 111 Å². The molecular weight excluding hydrogens is 230 g/mol. The molecule has 0 aromatic rings. The van der Waals surface area contributed by atoms with Crippen molar-refractivity contribution in [2.45, 2.75) is 13.3 Å². The molecule has 0 spiro atoms. The van der Waals surface area contributed by atoms with Crippen molar-refractivity contribution < 1.29 is 9.53 Å². The van der Waals surface area contributed by atoms with Crippen LogP contribution in [0, 0.1) is 0 Å². The molecule has 1 saturated heterocycles. The SMILES string of the molecule is CCOCCN1CCN(CCC(=O)N(C)C)CC1. The molecule has 0 aliphatic carbocycles. The predicted octanol–water partition coefficient (Wildman–Crippen LogP) is 0.119. The van der Waals surface area contributed by atoms with E-state index < -0.39 is 0 Å². The average Bonchev–Trinajstić information content (AvgIpc) is 2.37. The number of carbonyl (C=O) groups is 1. The molecular formula is C13H27N3O2. The van der Waals surface area contributed by atoms with Gasteiger partial charge in [-0.1, -0.05) is 0 Å². The summed E-state index contributed by atoms with van der Waals surface area (Å²) < 4.78 is 5.36. The van der Waals surface area contributed by atoms with Gasteiger partial charge >= 0.3 is 0 Å². The number of piperazine rings is 1. The lowest BCUT2D eigenvalue weighted by Crippen LogP contribution is -2.48. The highest BCUT2D eigenvalue weighted by Gasteiger charge is 2.17. The van der Waals surface area contributed by atoms with Gasteiger partial charge in [0.15, 0.2) is 0 Å². The van der Waals surface area contributed by atoms with Gasteiger partial charge in [-0.05, 0) is 6.92 Å². The molecule has 0 atom stereocenters. The minimum Gasteiger partial charge on any atom is -0.380 e. The van der Waals surface area contributed by atoms with Gasteiger partial charge in [0.1, 0.15) is 0 Å². The van der Waals surface area contributed by atoms with Crippen LogP contribution in [-0.4, -0.2) is 87.2 Å². The number of carbonyl (C=O) groups excluding carboxylic acids is 1. The van der Waals surface area contributed by atoms with E-state index in [4.69, 9.17) is 4.74 Å². The maximum absolute atomic E-state index is 11.5. The van der Waals surface area contributed by atoms with Crippen LogP contribution in [0.4, 0.5) is 0 Å². The highest BCUT2D eigenvalue weighted by Crippen LogP contribution is 2.03. The second kappa shape index (κ2) is 8.45. The molecule has 0 aromatic heterocycles. The van der Waals surface area contributed by atoms with Gasteiger partial charge < -0.3 is 14.5 Å². The van der Waals surface area contributed by atoms with Crippen LogP contribution >= 0.6 is 0 Å². The molecule has 0 N–H and O–H groups in total. The summed E-state index contributed by atoms with van der Waals surface area (Å²) in [6.45, 7) is 9.86. The Hall–Kier alpha value is -0.650. The Kier molecular flexibility index (Phi) is 7.23. The summed E-state index contributed by atoms with van der Waals surface area (Å²) in [6.07, 6.45) is 0.631. The first kappa shape index (κ1) is 15.4. The smallest absolute Gasteiger partial charge is 0.223 e. The molecule has 5 nitrogen and oxygen atoms in total. The number of amides is 1. The Bertz CT molecular complexity index is 238. The second-order valence-corrected chi connectivity index (χ2v) is 4.92. The van der Waals surface area contributed by atoms with Gasteiger partial charge in [-0.25, -0.2) is 0 Å². The van der Waals surface area contributed by atoms with E-state index in [1.54, 1.807) is 4.90 Å². The number of hydrogen-bond donors (Lipinski definition) is 0. The molecule has 18 heavy (non-hydrogen) atoms. The maximum Gasteiger partial charge on any atom is 0.223 e. The third-order valence-corrected chi connectivity index (χ3v) is 3.36. The maximum atomic E-state index is 11.5. The third-order valence-electron chi connectivity index (χ3n) is 3.36. The highest BCUT2D eigenvalue weighted by molar-refractivity contribution is 5.75. The molecule has 1 aliphatic heterocycles. The Morgan fingerprint density at radius 3 is 2.17 bits per heavy atom. The van der Waals surface area contributed by atoms with Crippen LogP contribution < -0.4 is 0 Å². The van der Waals surface area contributed by atoms with E-state index in [-0.39, 0.29) is 5.91 Å². The molecule has 0 radical (unpaired) electrons. The van der Waals surface area contributed by atoms with Crippen molar-refractivity contribution in [1.29, 1.82) is 0 Å². The number of hydrogen-bond acceptors (Lipinski definition) is 4. The van der Waals surface area contributed by atoms with Gasteiger partial charge in [0.2, 0.25) is 5.91 Å². The molecule has 1 amide bonds. The molecule has 0 bridgehead atoms. The largest absolute Gasteiger partial charge is 0.380 e. The number of nitrogens with zero attached hydrogens (tertiary/aromatic N) is 3. The molecule has 5 heteroatoms. The Morgan fingerprint density at radius 1 is 1.11 bits per heavy atom. The van der Waals surface area contributed by atoms with Crippen molar-refractivity contribution in [3.8, 4) is 0 Å². The molecule has 0 unspecified atom stereocenters. The number of ether oxygens (including phenoxy) is 1. The van der Waals surface area contributed by atoms with Crippen molar-refractivity contribution in [2.75, 3.05) is 66.6 Å². The van der Waals surface area contributed by atoms with Gasteiger partial charge in [0.25, 0.3) is 0 Å². The van der Waals surface area contributed by atoms with Crippen LogP contribution in [0.5, 0.6) is 0 Å². The lowest BCUT2D eigenvalue weighted by molar-refractivity contribution is -0.129. The third kappa shape index (κ3) is 5.80. The topological polar surface area (TPSA) is 36.0 Å². The fourth-order valence-corrected chi connectivity index (χ4v) is 2.05. The Morgan fingerprint density at radius 2 is 1.67 bits per heavy atom. The highest BCUT2D eigenvalue weighted by atomic mass is 16.5. The molecule has 0 saturated carbocycles. The van der Waals surface area contributed by atoms with Crippen LogP contribution in [0.1, 0.15) is 13.3 Å². The van der Waals surface area contributed by atoms with Crippen LogP contribution in [0.15, 0.2) is 0 Å². The van der Waals surface area contributed by atoms with Crippen LogP contribution in [0.3, 0.4) is 0 Å². The minimum absolute atomic E-state index is 0.216. The molecule has 1 aliphatic rings. The lowest BCUT2D eigenvalue weighted by atomic mass is 10.2. The zero-order chi connectivity index (χ0) is 13.4. The van der Waals surface area contributed by atoms with E-state index in [9.17, 15) is 4.79 Å². The van der Waals surface area contributed by atoms with Gasteiger partial charge in [-0.2, -0.15) is 0 Å². The molecule has 1 rings (SSSR count). The number of rotatable bonds is 7. The van der Waals surface area contributed by atoms with E-state index >= 15 is 0 Å². The fraction of sp³-hybridized carbons (Fsp3) is 0.923. The van der Waals surface area contributed by atoms with Gasteiger partial charge in [-0.3, -0.25) is 9.69 Å². The summed E-state index contributed by atoms with van der Waals surface area (Å²) in [7, 11) is 3.63. The summed E-state index contributed by atoms with van der Waals surface area (Å²) >= 11 is 0. The van der Waals surface area contributed by atoms with Crippen LogP contribution in [-0.2, 0) is 9.53 Å². The van der Waals surface area contributed by atoms with Gasteiger partial charge in [-0.15, -0.1) is 0 Å². The first-order valence-corrected chi connectivity index (χ1v) is 6.86. The zero-order valence-electron chi connectivity index (χ0n) is 12.0. The lowest BCUT2D eigenvalue weighted by Gasteiger charge is -2.34. The average molecular weight is 257 g/mol. The summed E-state index contributed by atoms with van der Waals surface area (Å²) in [5.74, 6) is 0.216. The normalized spacial score (nSPS) is 17.9. The van der Waals surface area contributed by atoms with Crippen LogP contribution in [0.2, 0.25) is 0 Å². The van der Waals surface area contributed by atoms with Crippen molar-refractivity contribution in [3.05, 3.63) is 0 Å². The van der Waals surface area contributed by atoms with E-state index in [0.29, 0.717) is 6.42 Å². The fourth-order valence-electron chi connectivity index (χ4n) is 2.05. The van der Waals surface area contributed by atoms with E-state index in [2.05, 4.69) is 9.80 Å². The van der Waals surface area contributed by atoms with E-state index in [0.717, 1.165) is 52.5 Å². The van der Waals surface area contributed by atoms with E-state index in [1.165, 1.54) is 0 Å². The van der Waals surface area contributed by atoms with Crippen molar-refractivity contribution in [2.24, 2.45) is 0 Å². The zero-order valence-corrected chi connectivity index (χ0v) is 12.0. The van der Waals surface area contributed by atoms with Crippen LogP contribution in [0.25, 0.3) is 0 Å². The standard InChI is InChI=1S/C13H27N3O2/c1-4-18-12-11-16-9-7-15(8-10-16)6-5-13(17)14(2)3/h4-12H2,1-3H3. The summed E-state index contributed by atoms with van der Waals surface area (Å²) in [6, 6.07) is 0. The van der Waals surface area contributed by atoms with Gasteiger partial charge in [0.05, 0.1) is 6.61 Å². The molecule has 1 fully saturated rings. The molecule has 106 valence electrons. The Balaban J connectivity index is 2.10. The van der Waals surface area contributed by atoms with Crippen molar-refractivity contribution in [3.63, 3.8) is 0 Å². The minimum atomic E-state index is 0.216. The van der Waals surface area contributed by atoms with Crippen molar-refractivity contribution in [1.82, 2.24) is 14.7 Å². The summed E-state index contributed by atoms with van der Waals surface area (Å²) in [4.78, 5) is 18.0. The predicted molar refractivity (Wildman–Crippen MR) is 72.7 cm³/mol. The summed E-state index contributed by atoms with van der Waals surface area (Å²) in [5.41, 5.74) is 0. The molecule has 1 heterocycles. The van der Waals surface area contributed by atoms with Gasteiger partial charge in [0, 0.05) is 66.4 Å². The molecule has 0 aromatic carbocycles. The monoisotopic (exact) mass is 257 g/mol. The van der Waals surface area contributed by atoms with E-state index in [1.807, 2.05) is 21.0 Å². The second-order valence-electron chi connectivity index (χ2n) is 4.92. The quantitative estimate of drug-likeness (QED) is 0.607.